The van der Waals surface area contributed by atoms with E-state index in [4.69, 9.17) is 15.2 Å². The first-order valence-corrected chi connectivity index (χ1v) is 6.74. The third kappa shape index (κ3) is 1.95. The molecule has 104 valence electrons. The number of rotatable bonds is 3. The number of hydrogen-bond donors (Lipinski definition) is 1. The molecule has 0 saturated carbocycles. The summed E-state index contributed by atoms with van der Waals surface area (Å²) in [6.07, 6.45) is 0. The highest BCUT2D eigenvalue weighted by Gasteiger charge is 2.42. The molecule has 0 aromatic heterocycles. The van der Waals surface area contributed by atoms with Crippen LogP contribution in [0.5, 0.6) is 5.75 Å². The molecule has 20 heavy (non-hydrogen) atoms. The van der Waals surface area contributed by atoms with Crippen molar-refractivity contribution in [2.45, 2.75) is 12.3 Å². The number of nitrogens with two attached hydrogens (primary N) is 1. The summed E-state index contributed by atoms with van der Waals surface area (Å²) >= 11 is 0. The van der Waals surface area contributed by atoms with Gasteiger partial charge in [0.05, 0.1) is 25.7 Å². The molecule has 1 heterocycles. The average Bonchev–Trinajstić information content (AvgIpc) is 2.38. The zero-order chi connectivity index (χ0) is 14.2. The summed E-state index contributed by atoms with van der Waals surface area (Å²) in [5, 5.41) is 0. The molecule has 0 bridgehead atoms. The van der Waals surface area contributed by atoms with Crippen LogP contribution in [0.15, 0.2) is 42.5 Å². The van der Waals surface area contributed by atoms with Crippen molar-refractivity contribution in [3.8, 4) is 5.75 Å². The van der Waals surface area contributed by atoms with E-state index < -0.39 is 0 Å². The molecule has 3 rings (SSSR count). The predicted octanol–water partition coefficient (Wildman–Crippen LogP) is 2.90. The van der Waals surface area contributed by atoms with Crippen LogP contribution >= 0.6 is 0 Å². The van der Waals surface area contributed by atoms with E-state index in [1.807, 2.05) is 24.3 Å². The Hall–Kier alpha value is -2.00. The van der Waals surface area contributed by atoms with Gasteiger partial charge in [0.25, 0.3) is 0 Å². The highest BCUT2D eigenvalue weighted by molar-refractivity contribution is 5.51. The third-order valence-corrected chi connectivity index (χ3v) is 4.08. The van der Waals surface area contributed by atoms with E-state index in [1.165, 1.54) is 11.1 Å². The largest absolute Gasteiger partial charge is 0.496 e. The fourth-order valence-electron chi connectivity index (χ4n) is 2.82. The molecule has 0 unspecified atom stereocenters. The first kappa shape index (κ1) is 13.0. The standard InChI is InChI=1S/C17H19NO2/c1-12-8-14(6-7-16(12)19-2)17(10-20-11-17)13-4-3-5-15(18)9-13/h3-9H,10-11,18H2,1-2H3. The molecule has 2 aromatic rings. The summed E-state index contributed by atoms with van der Waals surface area (Å²) in [4.78, 5) is 0. The molecule has 3 nitrogen and oxygen atoms in total. The molecular weight excluding hydrogens is 250 g/mol. The maximum Gasteiger partial charge on any atom is 0.121 e. The van der Waals surface area contributed by atoms with E-state index in [2.05, 4.69) is 25.1 Å². The molecule has 0 spiro atoms. The number of hydrogen-bond acceptors (Lipinski definition) is 3. The van der Waals surface area contributed by atoms with Gasteiger partial charge in [-0.25, -0.2) is 0 Å². The van der Waals surface area contributed by atoms with Crippen LogP contribution in [0, 0.1) is 6.92 Å². The molecule has 0 aliphatic carbocycles. The molecule has 1 saturated heterocycles. The zero-order valence-corrected chi connectivity index (χ0v) is 11.8. The van der Waals surface area contributed by atoms with Crippen LogP contribution in [0.4, 0.5) is 5.69 Å². The number of ether oxygens (including phenoxy) is 2. The van der Waals surface area contributed by atoms with E-state index in [0.29, 0.717) is 13.2 Å². The van der Waals surface area contributed by atoms with E-state index in [1.54, 1.807) is 7.11 Å². The lowest BCUT2D eigenvalue weighted by Crippen LogP contribution is -2.47. The lowest BCUT2D eigenvalue weighted by Gasteiger charge is -2.42. The van der Waals surface area contributed by atoms with Crippen LogP contribution in [0.3, 0.4) is 0 Å². The number of nitrogen functional groups attached to an aromatic ring is 1. The van der Waals surface area contributed by atoms with Crippen molar-refractivity contribution < 1.29 is 9.47 Å². The van der Waals surface area contributed by atoms with E-state index in [-0.39, 0.29) is 5.41 Å². The molecule has 0 radical (unpaired) electrons. The Morgan fingerprint density at radius 1 is 1.10 bits per heavy atom. The van der Waals surface area contributed by atoms with Gasteiger partial charge >= 0.3 is 0 Å². The van der Waals surface area contributed by atoms with Gasteiger partial charge in [0.15, 0.2) is 0 Å². The minimum absolute atomic E-state index is 0.0770. The van der Waals surface area contributed by atoms with E-state index in [0.717, 1.165) is 17.0 Å². The van der Waals surface area contributed by atoms with Crippen LogP contribution in [0.1, 0.15) is 16.7 Å². The van der Waals surface area contributed by atoms with Crippen molar-refractivity contribution in [3.63, 3.8) is 0 Å². The highest BCUT2D eigenvalue weighted by atomic mass is 16.5. The van der Waals surface area contributed by atoms with Crippen LogP contribution in [-0.2, 0) is 10.2 Å². The monoisotopic (exact) mass is 269 g/mol. The van der Waals surface area contributed by atoms with Gasteiger partial charge in [-0.1, -0.05) is 24.3 Å². The van der Waals surface area contributed by atoms with Crippen molar-refractivity contribution in [1.82, 2.24) is 0 Å². The second kappa shape index (κ2) is 4.84. The normalized spacial score (nSPS) is 16.5. The van der Waals surface area contributed by atoms with E-state index >= 15 is 0 Å². The first-order valence-electron chi connectivity index (χ1n) is 6.74. The number of methoxy groups -OCH3 is 1. The third-order valence-electron chi connectivity index (χ3n) is 4.08. The van der Waals surface area contributed by atoms with Gasteiger partial charge in [0, 0.05) is 5.69 Å². The van der Waals surface area contributed by atoms with Gasteiger partial charge in [0.1, 0.15) is 5.75 Å². The molecule has 2 aromatic carbocycles. The van der Waals surface area contributed by atoms with Crippen molar-refractivity contribution >= 4 is 5.69 Å². The second-order valence-electron chi connectivity index (χ2n) is 5.38. The van der Waals surface area contributed by atoms with Crippen molar-refractivity contribution in [2.75, 3.05) is 26.1 Å². The van der Waals surface area contributed by atoms with Crippen LogP contribution in [0.25, 0.3) is 0 Å². The average molecular weight is 269 g/mol. The summed E-state index contributed by atoms with van der Waals surface area (Å²) in [6, 6.07) is 14.4. The predicted molar refractivity (Wildman–Crippen MR) is 80.2 cm³/mol. The van der Waals surface area contributed by atoms with Gasteiger partial charge < -0.3 is 15.2 Å². The van der Waals surface area contributed by atoms with Crippen LogP contribution < -0.4 is 10.5 Å². The summed E-state index contributed by atoms with van der Waals surface area (Å²) in [5.41, 5.74) is 10.3. The summed E-state index contributed by atoms with van der Waals surface area (Å²) in [5.74, 6) is 0.914. The molecule has 1 aliphatic heterocycles. The van der Waals surface area contributed by atoms with Crippen LogP contribution in [-0.4, -0.2) is 20.3 Å². The van der Waals surface area contributed by atoms with Gasteiger partial charge in [-0.2, -0.15) is 0 Å². The smallest absolute Gasteiger partial charge is 0.121 e. The zero-order valence-electron chi connectivity index (χ0n) is 11.8. The number of anilines is 1. The second-order valence-corrected chi connectivity index (χ2v) is 5.38. The maximum absolute atomic E-state index is 5.93. The summed E-state index contributed by atoms with van der Waals surface area (Å²) in [6.45, 7) is 3.46. The number of aryl methyl sites for hydroxylation is 1. The Labute approximate surface area is 119 Å². The quantitative estimate of drug-likeness (QED) is 0.871. The van der Waals surface area contributed by atoms with E-state index in [9.17, 15) is 0 Å². The molecule has 3 heteroatoms. The first-order chi connectivity index (χ1) is 9.65. The van der Waals surface area contributed by atoms with Gasteiger partial charge in [-0.05, 0) is 41.8 Å². The van der Waals surface area contributed by atoms with Gasteiger partial charge in [-0.15, -0.1) is 0 Å². The van der Waals surface area contributed by atoms with Gasteiger partial charge in [0.2, 0.25) is 0 Å². The fraction of sp³-hybridized carbons (Fsp3) is 0.294. The molecule has 2 N–H and O–H groups in total. The lowest BCUT2D eigenvalue weighted by atomic mass is 9.72. The SMILES string of the molecule is COc1ccc(C2(c3cccc(N)c3)COC2)cc1C. The maximum atomic E-state index is 5.93. The van der Waals surface area contributed by atoms with Crippen molar-refractivity contribution in [3.05, 3.63) is 59.2 Å². The Morgan fingerprint density at radius 2 is 1.85 bits per heavy atom. The van der Waals surface area contributed by atoms with Gasteiger partial charge in [-0.3, -0.25) is 0 Å². The Balaban J connectivity index is 2.07. The summed E-state index contributed by atoms with van der Waals surface area (Å²) < 4.78 is 10.8. The van der Waals surface area contributed by atoms with Crippen LogP contribution in [0.2, 0.25) is 0 Å². The molecule has 1 fully saturated rings. The fourth-order valence-corrected chi connectivity index (χ4v) is 2.82. The Kier molecular flexibility index (Phi) is 3.14. The summed E-state index contributed by atoms with van der Waals surface area (Å²) in [7, 11) is 1.70. The Bertz CT molecular complexity index is 633. The topological polar surface area (TPSA) is 44.5 Å². The Morgan fingerprint density at radius 3 is 2.40 bits per heavy atom. The lowest BCUT2D eigenvalue weighted by molar-refractivity contribution is -0.0380. The highest BCUT2D eigenvalue weighted by Crippen LogP contribution is 2.40. The van der Waals surface area contributed by atoms with Crippen molar-refractivity contribution in [2.24, 2.45) is 0 Å². The molecule has 0 amide bonds. The minimum atomic E-state index is -0.0770. The van der Waals surface area contributed by atoms with Crippen molar-refractivity contribution in [1.29, 1.82) is 0 Å². The molecule has 0 atom stereocenters. The molecular formula is C17H19NO2. The number of benzene rings is 2. The minimum Gasteiger partial charge on any atom is -0.496 e. The molecule has 1 aliphatic rings.